The lowest BCUT2D eigenvalue weighted by Gasteiger charge is -2.20. The van der Waals surface area contributed by atoms with Crippen LogP contribution in [-0.4, -0.2) is 41.5 Å². The number of carbonyl (C=O) groups excluding carboxylic acids is 1. The molecular formula is C11H19NO5. The van der Waals surface area contributed by atoms with Gasteiger partial charge in [0, 0.05) is 6.54 Å². The summed E-state index contributed by atoms with van der Waals surface area (Å²) >= 11 is 0. The highest BCUT2D eigenvalue weighted by Crippen LogP contribution is 2.19. The van der Waals surface area contributed by atoms with Gasteiger partial charge in [-0.15, -0.1) is 0 Å². The Morgan fingerprint density at radius 3 is 2.53 bits per heavy atom. The van der Waals surface area contributed by atoms with Gasteiger partial charge in [0.05, 0.1) is 6.10 Å². The van der Waals surface area contributed by atoms with E-state index in [9.17, 15) is 9.59 Å². The summed E-state index contributed by atoms with van der Waals surface area (Å²) in [7, 11) is 0. The quantitative estimate of drug-likeness (QED) is 0.779. The topological polar surface area (TPSA) is 84.9 Å². The zero-order valence-corrected chi connectivity index (χ0v) is 10.4. The van der Waals surface area contributed by atoms with Crippen molar-refractivity contribution < 1.29 is 24.2 Å². The predicted molar refractivity (Wildman–Crippen MR) is 59.8 cm³/mol. The standard InChI is InChI=1S/C11H19NO5/c1-11(2,3)17-10(15)12-6-7-4-5-8(16-7)9(13)14/h7-8H,4-6H2,1-3H3,(H,12,15)(H,13,14)/t7-,8-/m0/s1. The molecule has 1 rings (SSSR count). The Hall–Kier alpha value is -1.30. The Morgan fingerprint density at radius 2 is 2.06 bits per heavy atom. The Bertz CT molecular complexity index is 297. The Morgan fingerprint density at radius 1 is 1.41 bits per heavy atom. The summed E-state index contributed by atoms with van der Waals surface area (Å²) in [6.07, 6.45) is -0.396. The first-order valence-corrected chi connectivity index (χ1v) is 5.63. The van der Waals surface area contributed by atoms with E-state index in [2.05, 4.69) is 5.32 Å². The highest BCUT2D eigenvalue weighted by atomic mass is 16.6. The van der Waals surface area contributed by atoms with E-state index in [0.29, 0.717) is 12.8 Å². The minimum Gasteiger partial charge on any atom is -0.479 e. The minimum atomic E-state index is -0.954. The molecule has 98 valence electrons. The largest absolute Gasteiger partial charge is 0.479 e. The van der Waals surface area contributed by atoms with Crippen molar-refractivity contribution in [3.05, 3.63) is 0 Å². The zero-order chi connectivity index (χ0) is 13.1. The van der Waals surface area contributed by atoms with Gasteiger partial charge in [-0.3, -0.25) is 0 Å². The molecule has 0 saturated carbocycles. The van der Waals surface area contributed by atoms with Crippen LogP contribution in [0.3, 0.4) is 0 Å². The molecule has 1 amide bonds. The van der Waals surface area contributed by atoms with Gasteiger partial charge in [0.1, 0.15) is 5.60 Å². The molecule has 1 fully saturated rings. The molecule has 1 saturated heterocycles. The number of hydrogen-bond donors (Lipinski definition) is 2. The normalized spacial score (nSPS) is 24.4. The maximum atomic E-state index is 11.3. The predicted octanol–water partition coefficient (Wildman–Crippen LogP) is 1.14. The van der Waals surface area contributed by atoms with Gasteiger partial charge in [-0.1, -0.05) is 0 Å². The minimum absolute atomic E-state index is 0.247. The summed E-state index contributed by atoms with van der Waals surface area (Å²) in [5.74, 6) is -0.954. The summed E-state index contributed by atoms with van der Waals surface area (Å²) in [4.78, 5) is 22.0. The van der Waals surface area contributed by atoms with Crippen molar-refractivity contribution in [1.82, 2.24) is 5.32 Å². The summed E-state index contributed by atoms with van der Waals surface area (Å²) < 4.78 is 10.3. The zero-order valence-electron chi connectivity index (χ0n) is 10.4. The molecule has 2 N–H and O–H groups in total. The first kappa shape index (κ1) is 13.8. The molecular weight excluding hydrogens is 226 g/mol. The highest BCUT2D eigenvalue weighted by molar-refractivity contribution is 5.72. The molecule has 1 aliphatic rings. The average molecular weight is 245 g/mol. The van der Waals surface area contributed by atoms with Gasteiger partial charge in [0.25, 0.3) is 0 Å². The smallest absolute Gasteiger partial charge is 0.407 e. The molecule has 2 atom stereocenters. The highest BCUT2D eigenvalue weighted by Gasteiger charge is 2.30. The van der Waals surface area contributed by atoms with Gasteiger partial charge in [0.2, 0.25) is 0 Å². The lowest BCUT2D eigenvalue weighted by molar-refractivity contribution is -0.149. The molecule has 1 heterocycles. The number of carboxylic acid groups (broad SMARTS) is 1. The van der Waals surface area contributed by atoms with Gasteiger partial charge in [0.15, 0.2) is 6.10 Å². The number of hydrogen-bond acceptors (Lipinski definition) is 4. The van der Waals surface area contributed by atoms with E-state index in [-0.39, 0.29) is 12.6 Å². The second-order valence-corrected chi connectivity index (χ2v) is 5.05. The number of ether oxygens (including phenoxy) is 2. The Balaban J connectivity index is 2.24. The molecule has 0 spiro atoms. The third-order valence-corrected chi connectivity index (χ3v) is 2.26. The van der Waals surface area contributed by atoms with Gasteiger partial charge >= 0.3 is 12.1 Å². The van der Waals surface area contributed by atoms with E-state index in [1.807, 2.05) is 0 Å². The second-order valence-electron chi connectivity index (χ2n) is 5.05. The van der Waals surface area contributed by atoms with Crippen molar-refractivity contribution in [1.29, 1.82) is 0 Å². The molecule has 0 bridgehead atoms. The number of aliphatic carboxylic acids is 1. The van der Waals surface area contributed by atoms with Crippen LogP contribution in [0, 0.1) is 0 Å². The van der Waals surface area contributed by atoms with E-state index in [1.165, 1.54) is 0 Å². The van der Waals surface area contributed by atoms with E-state index in [1.54, 1.807) is 20.8 Å². The summed E-state index contributed by atoms with van der Waals surface area (Å²) in [6, 6.07) is 0. The van der Waals surface area contributed by atoms with E-state index in [0.717, 1.165) is 0 Å². The fraction of sp³-hybridized carbons (Fsp3) is 0.818. The van der Waals surface area contributed by atoms with Crippen molar-refractivity contribution in [3.8, 4) is 0 Å². The first-order chi connectivity index (χ1) is 7.78. The third kappa shape index (κ3) is 5.04. The molecule has 0 aromatic heterocycles. The number of amides is 1. The van der Waals surface area contributed by atoms with Gasteiger partial charge in [-0.25, -0.2) is 9.59 Å². The molecule has 0 radical (unpaired) electrons. The van der Waals surface area contributed by atoms with Crippen molar-refractivity contribution in [3.63, 3.8) is 0 Å². The SMILES string of the molecule is CC(C)(C)OC(=O)NC[C@@H]1CC[C@@H](C(=O)O)O1. The third-order valence-electron chi connectivity index (χ3n) is 2.26. The fourth-order valence-electron chi connectivity index (χ4n) is 1.55. The molecule has 0 aliphatic carbocycles. The van der Waals surface area contributed by atoms with Gasteiger partial charge < -0.3 is 19.9 Å². The first-order valence-electron chi connectivity index (χ1n) is 5.63. The van der Waals surface area contributed by atoms with Crippen LogP contribution in [0.1, 0.15) is 33.6 Å². The van der Waals surface area contributed by atoms with Crippen molar-refractivity contribution >= 4 is 12.1 Å². The molecule has 1 aliphatic heterocycles. The number of carboxylic acids is 1. The maximum absolute atomic E-state index is 11.3. The Labute approximate surface area is 100 Å². The maximum Gasteiger partial charge on any atom is 0.407 e. The molecule has 0 aromatic rings. The van der Waals surface area contributed by atoms with Crippen LogP contribution >= 0.6 is 0 Å². The number of rotatable bonds is 3. The van der Waals surface area contributed by atoms with E-state index < -0.39 is 23.8 Å². The second kappa shape index (κ2) is 5.35. The van der Waals surface area contributed by atoms with Crippen molar-refractivity contribution in [2.75, 3.05) is 6.54 Å². The molecule has 6 nitrogen and oxygen atoms in total. The monoisotopic (exact) mass is 245 g/mol. The van der Waals surface area contributed by atoms with Crippen LogP contribution in [0.2, 0.25) is 0 Å². The lowest BCUT2D eigenvalue weighted by atomic mass is 10.2. The summed E-state index contributed by atoms with van der Waals surface area (Å²) in [5, 5.41) is 11.3. The number of alkyl carbamates (subject to hydrolysis) is 1. The Kier molecular flexibility index (Phi) is 4.34. The molecule has 17 heavy (non-hydrogen) atoms. The van der Waals surface area contributed by atoms with Crippen molar-refractivity contribution in [2.24, 2.45) is 0 Å². The van der Waals surface area contributed by atoms with Crippen LogP contribution in [0.4, 0.5) is 4.79 Å². The van der Waals surface area contributed by atoms with Gasteiger partial charge in [-0.05, 0) is 33.6 Å². The number of nitrogens with one attached hydrogen (secondary N) is 1. The van der Waals surface area contributed by atoms with Crippen LogP contribution in [0.5, 0.6) is 0 Å². The van der Waals surface area contributed by atoms with Crippen LogP contribution in [-0.2, 0) is 14.3 Å². The fourth-order valence-corrected chi connectivity index (χ4v) is 1.55. The van der Waals surface area contributed by atoms with E-state index in [4.69, 9.17) is 14.6 Å². The molecule has 0 unspecified atom stereocenters. The van der Waals surface area contributed by atoms with Crippen molar-refractivity contribution in [2.45, 2.75) is 51.4 Å². The molecule has 6 heteroatoms. The van der Waals surface area contributed by atoms with Crippen LogP contribution in [0.15, 0.2) is 0 Å². The summed E-state index contributed by atoms with van der Waals surface area (Å²) in [5.41, 5.74) is -0.537. The van der Waals surface area contributed by atoms with Crippen LogP contribution in [0.25, 0.3) is 0 Å². The lowest BCUT2D eigenvalue weighted by Crippen LogP contribution is -2.37. The molecule has 0 aromatic carbocycles. The summed E-state index contributed by atoms with van der Waals surface area (Å²) in [6.45, 7) is 5.61. The van der Waals surface area contributed by atoms with Crippen LogP contribution < -0.4 is 5.32 Å². The van der Waals surface area contributed by atoms with E-state index >= 15 is 0 Å². The average Bonchev–Trinajstić information content (AvgIpc) is 2.60. The number of carbonyl (C=O) groups is 2. The van der Waals surface area contributed by atoms with Gasteiger partial charge in [-0.2, -0.15) is 0 Å².